The number of aryl methyl sites for hydroxylation is 2. The molecule has 0 unspecified atom stereocenters. The van der Waals surface area contributed by atoms with E-state index >= 15 is 0 Å². The van der Waals surface area contributed by atoms with E-state index in [1.807, 2.05) is 0 Å². The number of carboxylic acids is 1. The summed E-state index contributed by atoms with van der Waals surface area (Å²) in [6, 6.07) is 7.69. The van der Waals surface area contributed by atoms with Gasteiger partial charge in [-0.2, -0.15) is 0 Å². The van der Waals surface area contributed by atoms with Gasteiger partial charge in [-0.1, -0.05) is 6.08 Å². The monoisotopic (exact) mass is 325 g/mol. The molecule has 126 valence electrons. The van der Waals surface area contributed by atoms with Gasteiger partial charge in [-0.05, 0) is 75.6 Å². The molecule has 1 aromatic carbocycles. The summed E-state index contributed by atoms with van der Waals surface area (Å²) in [5.41, 5.74) is 5.98. The molecule has 0 radical (unpaired) electrons. The van der Waals surface area contributed by atoms with Gasteiger partial charge in [-0.25, -0.2) is 4.79 Å². The van der Waals surface area contributed by atoms with Gasteiger partial charge in [0.25, 0.3) is 0 Å². The minimum absolute atomic E-state index is 0.0214. The van der Waals surface area contributed by atoms with Crippen molar-refractivity contribution in [2.75, 3.05) is 4.90 Å². The van der Waals surface area contributed by atoms with Crippen molar-refractivity contribution in [1.82, 2.24) is 0 Å². The number of furan rings is 1. The number of rotatable bonds is 3. The van der Waals surface area contributed by atoms with Crippen molar-refractivity contribution in [3.63, 3.8) is 0 Å². The second kappa shape index (κ2) is 5.55. The molecule has 1 N–H and O–H groups in total. The molecule has 3 rings (SSSR count). The van der Waals surface area contributed by atoms with Gasteiger partial charge < -0.3 is 14.4 Å². The molecule has 24 heavy (non-hydrogen) atoms. The Labute approximate surface area is 142 Å². The fraction of sp³-hybridized carbons (Fsp3) is 0.350. The molecule has 0 spiro atoms. The first-order valence-electron chi connectivity index (χ1n) is 8.10. The number of hydrogen-bond acceptors (Lipinski definition) is 3. The molecule has 0 bridgehead atoms. The van der Waals surface area contributed by atoms with Crippen molar-refractivity contribution >= 4 is 17.2 Å². The zero-order chi connectivity index (χ0) is 17.6. The van der Waals surface area contributed by atoms with Gasteiger partial charge in [0.05, 0.1) is 12.1 Å². The first-order chi connectivity index (χ1) is 11.2. The van der Waals surface area contributed by atoms with Crippen LogP contribution in [0.2, 0.25) is 0 Å². The highest BCUT2D eigenvalue weighted by molar-refractivity contribution is 5.84. The first-order valence-corrected chi connectivity index (χ1v) is 8.10. The number of nitrogens with zero attached hydrogens (tertiary/aromatic N) is 1. The molecule has 2 aromatic rings. The number of aromatic carboxylic acids is 1. The highest BCUT2D eigenvalue weighted by Crippen LogP contribution is 2.41. The maximum absolute atomic E-state index is 11.0. The van der Waals surface area contributed by atoms with Gasteiger partial charge in [-0.15, -0.1) is 0 Å². The van der Waals surface area contributed by atoms with Crippen LogP contribution in [0, 0.1) is 13.8 Å². The molecule has 2 heterocycles. The number of carboxylic acid groups (broad SMARTS) is 1. The summed E-state index contributed by atoms with van der Waals surface area (Å²) >= 11 is 0. The summed E-state index contributed by atoms with van der Waals surface area (Å²) in [5.74, 6) is -0.411. The van der Waals surface area contributed by atoms with Crippen molar-refractivity contribution in [2.24, 2.45) is 0 Å². The topological polar surface area (TPSA) is 53.7 Å². The lowest BCUT2D eigenvalue weighted by atomic mass is 9.87. The van der Waals surface area contributed by atoms with E-state index in [2.05, 4.69) is 57.7 Å². The SMILES string of the molecule is CC1=CC(C)(C)N(Cc2ccc(C(=O)O)o2)c2cc(C)c(C)cc21. The number of fused-ring (bicyclic) bond motifs is 1. The smallest absolute Gasteiger partial charge is 0.371 e. The molecule has 0 saturated heterocycles. The van der Waals surface area contributed by atoms with E-state index in [9.17, 15) is 4.79 Å². The Balaban J connectivity index is 2.06. The molecule has 0 aliphatic carbocycles. The Hall–Kier alpha value is -2.49. The van der Waals surface area contributed by atoms with E-state index in [-0.39, 0.29) is 11.3 Å². The van der Waals surface area contributed by atoms with Crippen LogP contribution in [-0.2, 0) is 6.54 Å². The first kappa shape index (κ1) is 16.4. The van der Waals surface area contributed by atoms with E-state index in [4.69, 9.17) is 9.52 Å². The molecule has 1 aromatic heterocycles. The van der Waals surface area contributed by atoms with Crippen molar-refractivity contribution < 1.29 is 14.3 Å². The predicted molar refractivity (Wildman–Crippen MR) is 95.5 cm³/mol. The van der Waals surface area contributed by atoms with Crippen LogP contribution in [0.1, 0.15) is 53.8 Å². The third-order valence-electron chi connectivity index (χ3n) is 4.78. The Morgan fingerprint density at radius 3 is 2.46 bits per heavy atom. The standard InChI is InChI=1S/C20H23NO3/c1-12-8-16-14(3)10-20(4,5)21(17(16)9-13(12)2)11-15-6-7-18(24-15)19(22)23/h6-10H,11H2,1-5H3,(H,22,23). The molecule has 0 saturated carbocycles. The average Bonchev–Trinajstić information content (AvgIpc) is 2.94. The number of carbonyl (C=O) groups is 1. The van der Waals surface area contributed by atoms with Crippen molar-refractivity contribution in [1.29, 1.82) is 0 Å². The Bertz CT molecular complexity index is 843. The Morgan fingerprint density at radius 1 is 1.17 bits per heavy atom. The van der Waals surface area contributed by atoms with E-state index in [1.54, 1.807) is 6.07 Å². The molecule has 4 nitrogen and oxygen atoms in total. The summed E-state index contributed by atoms with van der Waals surface area (Å²) in [5, 5.41) is 9.05. The van der Waals surface area contributed by atoms with Gasteiger partial charge in [0.1, 0.15) is 5.76 Å². The van der Waals surface area contributed by atoms with Gasteiger partial charge >= 0.3 is 5.97 Å². The molecule has 1 aliphatic rings. The fourth-order valence-corrected chi connectivity index (χ4v) is 3.36. The number of hydrogen-bond donors (Lipinski definition) is 1. The van der Waals surface area contributed by atoms with Crippen molar-refractivity contribution in [2.45, 2.75) is 46.7 Å². The van der Waals surface area contributed by atoms with Crippen LogP contribution in [-0.4, -0.2) is 16.6 Å². The van der Waals surface area contributed by atoms with Crippen LogP contribution in [0.3, 0.4) is 0 Å². The fourth-order valence-electron chi connectivity index (χ4n) is 3.36. The molecule has 0 fully saturated rings. The van der Waals surface area contributed by atoms with E-state index in [0.717, 1.165) is 5.69 Å². The van der Waals surface area contributed by atoms with Crippen LogP contribution in [0.15, 0.2) is 34.8 Å². The lowest BCUT2D eigenvalue weighted by Gasteiger charge is -2.43. The minimum atomic E-state index is -1.04. The number of benzene rings is 1. The summed E-state index contributed by atoms with van der Waals surface area (Å²) in [7, 11) is 0. The highest BCUT2D eigenvalue weighted by atomic mass is 16.4. The molecular weight excluding hydrogens is 302 g/mol. The van der Waals surface area contributed by atoms with Gasteiger partial charge in [0.2, 0.25) is 5.76 Å². The van der Waals surface area contributed by atoms with Crippen LogP contribution >= 0.6 is 0 Å². The summed E-state index contributed by atoms with van der Waals surface area (Å²) in [6.07, 6.45) is 2.26. The highest BCUT2D eigenvalue weighted by Gasteiger charge is 2.32. The zero-order valence-corrected chi connectivity index (χ0v) is 14.8. The molecule has 0 atom stereocenters. The number of anilines is 1. The third kappa shape index (κ3) is 2.73. The quantitative estimate of drug-likeness (QED) is 0.881. The summed E-state index contributed by atoms with van der Waals surface area (Å²) in [4.78, 5) is 13.3. The van der Waals surface area contributed by atoms with E-state index < -0.39 is 5.97 Å². The van der Waals surface area contributed by atoms with Gasteiger partial charge in [0.15, 0.2) is 0 Å². The Kier molecular flexibility index (Phi) is 3.78. The maximum atomic E-state index is 11.0. The van der Waals surface area contributed by atoms with Crippen LogP contribution in [0.4, 0.5) is 5.69 Å². The van der Waals surface area contributed by atoms with Crippen molar-refractivity contribution in [3.8, 4) is 0 Å². The van der Waals surface area contributed by atoms with Crippen LogP contribution < -0.4 is 4.90 Å². The number of allylic oxidation sites excluding steroid dienone is 1. The molecular formula is C20H23NO3. The van der Waals surface area contributed by atoms with E-state index in [1.165, 1.54) is 28.3 Å². The molecule has 0 amide bonds. The lowest BCUT2D eigenvalue weighted by molar-refractivity contribution is 0.0660. The second-order valence-corrected chi connectivity index (χ2v) is 7.09. The van der Waals surface area contributed by atoms with E-state index in [0.29, 0.717) is 12.3 Å². The normalized spacial score (nSPS) is 15.9. The lowest BCUT2D eigenvalue weighted by Crippen LogP contribution is -2.44. The molecule has 4 heteroatoms. The predicted octanol–water partition coefficient (Wildman–Crippen LogP) is 4.80. The third-order valence-corrected chi connectivity index (χ3v) is 4.78. The second-order valence-electron chi connectivity index (χ2n) is 7.09. The largest absolute Gasteiger partial charge is 0.475 e. The van der Waals surface area contributed by atoms with Crippen LogP contribution in [0.25, 0.3) is 5.57 Å². The van der Waals surface area contributed by atoms with Gasteiger partial charge in [-0.3, -0.25) is 0 Å². The molecule has 1 aliphatic heterocycles. The Morgan fingerprint density at radius 2 is 1.83 bits per heavy atom. The average molecular weight is 325 g/mol. The van der Waals surface area contributed by atoms with Crippen molar-refractivity contribution in [3.05, 3.63) is 58.6 Å². The minimum Gasteiger partial charge on any atom is -0.475 e. The summed E-state index contributed by atoms with van der Waals surface area (Å²) in [6.45, 7) is 11.2. The van der Waals surface area contributed by atoms with Crippen LogP contribution in [0.5, 0.6) is 0 Å². The zero-order valence-electron chi connectivity index (χ0n) is 14.8. The summed E-state index contributed by atoms with van der Waals surface area (Å²) < 4.78 is 5.48. The maximum Gasteiger partial charge on any atom is 0.371 e. The van der Waals surface area contributed by atoms with Gasteiger partial charge in [0, 0.05) is 11.3 Å².